The second kappa shape index (κ2) is 25.6. The summed E-state index contributed by atoms with van der Waals surface area (Å²) in [6, 6.07) is 115. The highest BCUT2D eigenvalue weighted by molar-refractivity contribution is 7.33. The van der Waals surface area contributed by atoms with Gasteiger partial charge in [0.05, 0.1) is 28.4 Å². The molecule has 0 N–H and O–H groups in total. The van der Waals surface area contributed by atoms with Crippen molar-refractivity contribution in [3.63, 3.8) is 0 Å². The van der Waals surface area contributed by atoms with Crippen LogP contribution in [0, 0.1) is 41.5 Å². The third kappa shape index (κ3) is 10.1. The van der Waals surface area contributed by atoms with Crippen molar-refractivity contribution < 1.29 is 18.9 Å². The lowest BCUT2D eigenvalue weighted by atomic mass is 9.30. The van der Waals surface area contributed by atoms with Crippen LogP contribution in [0.4, 0.5) is 85.3 Å². The first-order valence-corrected chi connectivity index (χ1v) is 40.7. The lowest BCUT2D eigenvalue weighted by molar-refractivity contribution is 0.467. The molecule has 2 aromatic heterocycles. The molecular weight excluding hydrogens is 1430 g/mol. The summed E-state index contributed by atoms with van der Waals surface area (Å²) in [6.07, 6.45) is 0. The number of benzene rings is 15. The van der Waals surface area contributed by atoms with Crippen LogP contribution in [0.15, 0.2) is 315 Å². The van der Waals surface area contributed by atoms with Crippen molar-refractivity contribution in [3.05, 3.63) is 349 Å². The van der Waals surface area contributed by atoms with E-state index >= 15 is 0 Å². The van der Waals surface area contributed by atoms with Crippen molar-refractivity contribution in [1.29, 1.82) is 0 Å². The number of hydrogen-bond acceptors (Lipinski definition) is 11. The van der Waals surface area contributed by atoms with Crippen LogP contribution in [0.5, 0.6) is 46.0 Å². The minimum atomic E-state index is -0.387. The second-order valence-corrected chi connectivity index (χ2v) is 33.1. The highest BCUT2D eigenvalue weighted by Gasteiger charge is 2.52. The first-order chi connectivity index (χ1) is 56.0. The SMILES string of the molecule is Cc1cc(C)c(N2c3cc4c(cc3B3c5cc6c(cc5N(c5c(C)cc(C)cc5C)c5cc(N(c7ccccc7)c7ccccc7)cc2c53)Oc2cc(N(c3ccccc3)c3ccccc3)cc3c2B6c2sc5ccccc5c2O3)B2c3sc5ccccc5c3Oc3cc(N(c5ccccc5)c5ccccc5)cc(c32)O4)c(C)c1. The summed E-state index contributed by atoms with van der Waals surface area (Å²) < 4.78 is 35.3. The number of ether oxygens (including phenoxy) is 4. The van der Waals surface area contributed by atoms with E-state index in [1.807, 2.05) is 22.7 Å². The van der Waals surface area contributed by atoms with E-state index in [1.165, 1.54) is 26.0 Å². The molecule has 0 bridgehead atoms. The molecule has 0 amide bonds. The van der Waals surface area contributed by atoms with Crippen LogP contribution < -0.4 is 91.2 Å². The molecule has 9 nitrogen and oxygen atoms in total. The maximum atomic E-state index is 7.87. The van der Waals surface area contributed by atoms with E-state index in [-0.39, 0.29) is 20.1 Å². The van der Waals surface area contributed by atoms with Gasteiger partial charge in [-0.05, 0) is 200 Å². The molecule has 0 saturated carbocycles. The van der Waals surface area contributed by atoms with Gasteiger partial charge in [-0.1, -0.05) is 181 Å². The fraction of sp³-hybridized carbons (Fsp3) is 0.0600. The van der Waals surface area contributed by atoms with Gasteiger partial charge in [0.2, 0.25) is 0 Å². The van der Waals surface area contributed by atoms with Crippen LogP contribution in [-0.2, 0) is 0 Å². The maximum absolute atomic E-state index is 7.87. The molecule has 14 heteroatoms. The van der Waals surface area contributed by atoms with E-state index in [4.69, 9.17) is 18.9 Å². The van der Waals surface area contributed by atoms with Crippen LogP contribution in [0.1, 0.15) is 33.4 Å². The van der Waals surface area contributed by atoms with Gasteiger partial charge in [-0.15, -0.1) is 22.7 Å². The molecule has 0 radical (unpaired) electrons. The standard InChI is InChI=1S/C100H70B3N5O4S2/c1-59-45-61(3)95(62(4)46-59)107-80-57-84-78(102-93-86(109-84)51-72(105(67-33-17-9-18-34-67)68-35-19-10-20-36-68)53-88(93)111-97-74-41-25-27-43-90(74)113-99(97)102)55-76(80)101-77-56-79-85(58-81(77)108(96-63(5)47-60(2)48-64(96)6)83-50-71(49-82(107)92(83)101)104(65-29-13-7-14-30-65)66-31-15-8-16-32-66)110-87-52-73(106(69-37-21-11-22-38-69)70-39-23-12-24-40-70)54-89-94(87)103(79)100-98(112-89)75-42-26-28-44-91(75)114-100/h7-58H,1-6H3. The number of para-hydroxylation sites is 6. The van der Waals surface area contributed by atoms with Crippen molar-refractivity contribution >= 4 is 196 Å². The fourth-order valence-corrected chi connectivity index (χ4v) is 22.0. The summed E-state index contributed by atoms with van der Waals surface area (Å²) in [5.74, 6) is 6.38. The van der Waals surface area contributed by atoms with Gasteiger partial charge in [0.25, 0.3) is 20.1 Å². The molecule has 0 unspecified atom stereocenters. The monoisotopic (exact) mass is 1500 g/mol. The van der Waals surface area contributed by atoms with E-state index in [9.17, 15) is 0 Å². The Morgan fingerprint density at radius 1 is 0.254 bits per heavy atom. The number of rotatable bonds is 11. The molecule has 6 aliphatic rings. The first kappa shape index (κ1) is 66.4. The Kier molecular flexibility index (Phi) is 14.9. The van der Waals surface area contributed by atoms with Crippen molar-refractivity contribution in [2.45, 2.75) is 41.5 Å². The van der Waals surface area contributed by atoms with Crippen LogP contribution in [0.25, 0.3) is 20.2 Å². The summed E-state index contributed by atoms with van der Waals surface area (Å²) in [6.45, 7) is 12.7. The Morgan fingerprint density at radius 2 is 0.553 bits per heavy atom. The maximum Gasteiger partial charge on any atom is 0.273 e. The van der Waals surface area contributed by atoms with Crippen LogP contribution in [0.3, 0.4) is 0 Å². The van der Waals surface area contributed by atoms with E-state index in [0.717, 1.165) is 207 Å². The van der Waals surface area contributed by atoms with Gasteiger partial charge >= 0.3 is 0 Å². The Bertz CT molecular complexity index is 6360. The molecule has 0 fully saturated rings. The number of nitrogens with zero attached hydrogens (tertiary/aromatic N) is 5. The van der Waals surface area contributed by atoms with E-state index in [0.29, 0.717) is 0 Å². The second-order valence-electron chi connectivity index (χ2n) is 31.0. The smallest absolute Gasteiger partial charge is 0.273 e. The average Bonchev–Trinajstić information content (AvgIpc) is 0.770. The summed E-state index contributed by atoms with van der Waals surface area (Å²) in [7, 11) is 0. The van der Waals surface area contributed by atoms with Crippen molar-refractivity contribution in [3.8, 4) is 46.0 Å². The zero-order chi connectivity index (χ0) is 75.9. The molecule has 0 saturated heterocycles. The summed E-state index contributed by atoms with van der Waals surface area (Å²) >= 11 is 3.64. The number of fused-ring (bicyclic) bond motifs is 16. The molecule has 15 aromatic carbocycles. The van der Waals surface area contributed by atoms with Gasteiger partial charge in [0.15, 0.2) is 0 Å². The van der Waals surface area contributed by atoms with Gasteiger partial charge in [-0.25, -0.2) is 0 Å². The Balaban J connectivity index is 0.835. The molecule has 8 heterocycles. The van der Waals surface area contributed by atoms with Crippen LogP contribution in [0.2, 0.25) is 0 Å². The largest absolute Gasteiger partial charge is 0.458 e. The van der Waals surface area contributed by atoms with Gasteiger partial charge < -0.3 is 43.4 Å². The van der Waals surface area contributed by atoms with Gasteiger partial charge in [-0.2, -0.15) is 0 Å². The van der Waals surface area contributed by atoms with Gasteiger partial charge in [0.1, 0.15) is 46.0 Å². The predicted octanol–water partition coefficient (Wildman–Crippen LogP) is 21.9. The van der Waals surface area contributed by atoms with E-state index < -0.39 is 0 Å². The molecule has 0 atom stereocenters. The normalized spacial score (nSPS) is 13.2. The molecule has 114 heavy (non-hydrogen) atoms. The minimum Gasteiger partial charge on any atom is -0.458 e. The van der Waals surface area contributed by atoms with Gasteiger partial charge in [0, 0.05) is 134 Å². The van der Waals surface area contributed by atoms with Crippen molar-refractivity contribution in [2.75, 3.05) is 24.5 Å². The average molecular weight is 1500 g/mol. The molecular formula is C100H70B3N5O4S2. The highest BCUT2D eigenvalue weighted by Crippen LogP contribution is 2.55. The Hall–Kier alpha value is -13.4. The quantitative estimate of drug-likeness (QED) is 0.118. The predicted molar refractivity (Wildman–Crippen MR) is 479 cm³/mol. The molecule has 0 aliphatic carbocycles. The number of thiophene rings is 2. The molecule has 23 rings (SSSR count). The molecule has 6 aliphatic heterocycles. The topological polar surface area (TPSA) is 53.1 Å². The number of hydrogen-bond donors (Lipinski definition) is 0. The Labute approximate surface area is 671 Å². The third-order valence-electron chi connectivity index (χ3n) is 23.8. The first-order valence-electron chi connectivity index (χ1n) is 39.1. The molecule has 17 aromatic rings. The minimum absolute atomic E-state index is 0.284. The van der Waals surface area contributed by atoms with Crippen molar-refractivity contribution in [2.24, 2.45) is 0 Å². The number of anilines is 15. The zero-order valence-corrected chi connectivity index (χ0v) is 65.1. The third-order valence-corrected chi connectivity index (χ3v) is 26.2. The van der Waals surface area contributed by atoms with Crippen molar-refractivity contribution in [1.82, 2.24) is 0 Å². The zero-order valence-electron chi connectivity index (χ0n) is 63.4. The lowest BCUT2D eigenvalue weighted by Crippen LogP contribution is -2.65. The highest BCUT2D eigenvalue weighted by atomic mass is 32.1. The Morgan fingerprint density at radius 3 is 0.886 bits per heavy atom. The molecule has 540 valence electrons. The fourth-order valence-electron chi connectivity index (χ4n) is 19.5. The summed E-state index contributed by atoms with van der Waals surface area (Å²) in [4.78, 5) is 12.3. The summed E-state index contributed by atoms with van der Waals surface area (Å²) in [5.41, 5.74) is 30.2. The number of aryl methyl sites for hydroxylation is 6. The van der Waals surface area contributed by atoms with E-state index in [1.54, 1.807) is 0 Å². The lowest BCUT2D eigenvalue weighted by Gasteiger charge is -2.47. The molecule has 0 spiro atoms. The van der Waals surface area contributed by atoms with Gasteiger partial charge in [-0.3, -0.25) is 0 Å². The van der Waals surface area contributed by atoms with Crippen LogP contribution in [-0.4, -0.2) is 20.1 Å². The summed E-state index contributed by atoms with van der Waals surface area (Å²) in [5, 5.41) is 2.18. The van der Waals surface area contributed by atoms with Crippen LogP contribution >= 0.6 is 22.7 Å². The van der Waals surface area contributed by atoms with E-state index in [2.05, 4.69) is 381 Å².